The fraction of sp³-hybridized carbons (Fsp3) is 0.222. The van der Waals surface area contributed by atoms with Crippen molar-refractivity contribution < 1.29 is 14.4 Å². The molecule has 3 aromatic rings. The molecular weight excluding hydrogens is 485 g/mol. The Morgan fingerprint density at radius 3 is 2.40 bits per heavy atom. The van der Waals surface area contributed by atoms with Gasteiger partial charge in [0.05, 0.1) is 15.7 Å². The lowest BCUT2D eigenvalue weighted by Crippen LogP contribution is -2.54. The predicted molar refractivity (Wildman–Crippen MR) is 139 cm³/mol. The number of carbonyl (C=O) groups excluding carboxylic acids is 3. The number of carbonyl (C=O) groups is 3. The molecule has 1 fully saturated rings. The predicted octanol–water partition coefficient (Wildman–Crippen LogP) is 6.41. The van der Waals surface area contributed by atoms with Crippen molar-refractivity contribution in [2.24, 2.45) is 0 Å². The Bertz CT molecular complexity index is 1360. The highest BCUT2D eigenvalue weighted by Crippen LogP contribution is 2.34. The average Bonchev–Trinajstić information content (AvgIpc) is 3.11. The second kappa shape index (κ2) is 10.1. The Hall–Kier alpha value is -3.35. The zero-order chi connectivity index (χ0) is 25.3. The molecule has 0 atom stereocenters. The van der Waals surface area contributed by atoms with Gasteiger partial charge in [-0.15, -0.1) is 0 Å². The number of nitrogens with zero attached hydrogens (tertiary/aromatic N) is 2. The molecule has 180 valence electrons. The average molecular weight is 510 g/mol. The minimum Gasteiger partial charge on any atom is -0.318 e. The molecule has 35 heavy (non-hydrogen) atoms. The van der Waals surface area contributed by atoms with Gasteiger partial charge in [-0.3, -0.25) is 14.9 Å². The van der Waals surface area contributed by atoms with Crippen molar-refractivity contribution in [1.82, 2.24) is 9.88 Å². The lowest BCUT2D eigenvalue weighted by Gasteiger charge is -2.27. The van der Waals surface area contributed by atoms with Gasteiger partial charge in [0, 0.05) is 17.1 Å². The number of aryl methyl sites for hydroxylation is 2. The van der Waals surface area contributed by atoms with Crippen molar-refractivity contribution in [3.05, 3.63) is 86.7 Å². The first-order valence-electron chi connectivity index (χ1n) is 11.4. The second-order valence-corrected chi connectivity index (χ2v) is 9.25. The number of hydrogen-bond acceptors (Lipinski definition) is 3. The molecule has 2 aromatic carbocycles. The number of nitrogens with one attached hydrogen (secondary N) is 1. The van der Waals surface area contributed by atoms with Crippen LogP contribution in [0.2, 0.25) is 10.0 Å². The van der Waals surface area contributed by atoms with Crippen LogP contribution in [-0.2, 0) is 16.0 Å². The van der Waals surface area contributed by atoms with Crippen LogP contribution in [0.25, 0.3) is 11.8 Å². The number of rotatable bonds is 6. The Kier molecular flexibility index (Phi) is 7.15. The minimum absolute atomic E-state index is 0.0481. The quantitative estimate of drug-likeness (QED) is 0.308. The van der Waals surface area contributed by atoms with Gasteiger partial charge < -0.3 is 4.57 Å². The monoisotopic (exact) mass is 509 g/mol. The van der Waals surface area contributed by atoms with Crippen molar-refractivity contribution >= 4 is 52.8 Å². The molecule has 0 spiro atoms. The van der Waals surface area contributed by atoms with Crippen LogP contribution in [0.5, 0.6) is 0 Å². The maximum atomic E-state index is 13.3. The van der Waals surface area contributed by atoms with Crippen molar-refractivity contribution in [3.8, 4) is 5.69 Å². The van der Waals surface area contributed by atoms with Crippen LogP contribution in [0.1, 0.15) is 42.3 Å². The van der Waals surface area contributed by atoms with Crippen LogP contribution in [0.3, 0.4) is 0 Å². The molecule has 0 bridgehead atoms. The number of aromatic nitrogens is 1. The van der Waals surface area contributed by atoms with E-state index in [-0.39, 0.29) is 21.3 Å². The third kappa shape index (κ3) is 4.77. The largest absolute Gasteiger partial charge is 0.336 e. The van der Waals surface area contributed by atoms with E-state index in [0.29, 0.717) is 5.56 Å². The van der Waals surface area contributed by atoms with E-state index in [1.165, 1.54) is 17.7 Å². The summed E-state index contributed by atoms with van der Waals surface area (Å²) in [7, 11) is 0. The summed E-state index contributed by atoms with van der Waals surface area (Å²) in [5.74, 6) is -1.53. The van der Waals surface area contributed by atoms with Crippen molar-refractivity contribution in [1.29, 1.82) is 0 Å². The number of hydrogen-bond donors (Lipinski definition) is 1. The fourth-order valence-electron chi connectivity index (χ4n) is 4.22. The number of urea groups is 1. The van der Waals surface area contributed by atoms with Crippen molar-refractivity contribution in [2.45, 2.75) is 40.0 Å². The number of benzene rings is 2. The van der Waals surface area contributed by atoms with Crippen LogP contribution in [-0.4, -0.2) is 22.4 Å². The maximum absolute atomic E-state index is 13.3. The first kappa shape index (κ1) is 24.8. The molecule has 0 saturated carbocycles. The van der Waals surface area contributed by atoms with Crippen LogP contribution < -0.4 is 10.2 Å². The van der Waals surface area contributed by atoms with E-state index < -0.39 is 17.8 Å². The van der Waals surface area contributed by atoms with Gasteiger partial charge >= 0.3 is 6.03 Å². The number of imide groups is 2. The molecule has 2 heterocycles. The van der Waals surface area contributed by atoms with Gasteiger partial charge in [-0.05, 0) is 74.2 Å². The van der Waals surface area contributed by atoms with E-state index in [0.717, 1.165) is 41.2 Å². The van der Waals surface area contributed by atoms with Gasteiger partial charge in [0.15, 0.2) is 0 Å². The van der Waals surface area contributed by atoms with E-state index in [2.05, 4.69) is 41.1 Å². The highest BCUT2D eigenvalue weighted by atomic mass is 35.5. The second-order valence-electron chi connectivity index (χ2n) is 8.46. The molecule has 1 N–H and O–H groups in total. The summed E-state index contributed by atoms with van der Waals surface area (Å²) < 4.78 is 2.07. The number of halogens is 2. The van der Waals surface area contributed by atoms with E-state index in [1.54, 1.807) is 12.1 Å². The minimum atomic E-state index is -0.880. The summed E-state index contributed by atoms with van der Waals surface area (Å²) in [5.41, 5.74) is 4.72. The third-order valence-electron chi connectivity index (χ3n) is 6.06. The van der Waals surface area contributed by atoms with E-state index in [1.807, 2.05) is 19.9 Å². The molecule has 6 nitrogen and oxygen atoms in total. The molecule has 8 heteroatoms. The number of anilines is 1. The number of unbranched alkanes of at least 4 members (excludes halogenated alkanes) is 1. The summed E-state index contributed by atoms with van der Waals surface area (Å²) in [5, 5.41) is 2.46. The van der Waals surface area contributed by atoms with Gasteiger partial charge in [-0.25, -0.2) is 9.69 Å². The summed E-state index contributed by atoms with van der Waals surface area (Å²) in [6.45, 7) is 6.06. The van der Waals surface area contributed by atoms with Gasteiger partial charge in [0.2, 0.25) is 0 Å². The van der Waals surface area contributed by atoms with E-state index >= 15 is 0 Å². The fourth-order valence-corrected chi connectivity index (χ4v) is 4.60. The topological polar surface area (TPSA) is 71.4 Å². The van der Waals surface area contributed by atoms with Crippen LogP contribution >= 0.6 is 23.2 Å². The van der Waals surface area contributed by atoms with Gasteiger partial charge in [0.1, 0.15) is 5.57 Å². The summed E-state index contributed by atoms with van der Waals surface area (Å²) in [4.78, 5) is 39.3. The van der Waals surface area contributed by atoms with Gasteiger partial charge in [-0.1, -0.05) is 54.7 Å². The van der Waals surface area contributed by atoms with Crippen LogP contribution in [0, 0.1) is 13.8 Å². The lowest BCUT2D eigenvalue weighted by atomic mass is 10.1. The summed E-state index contributed by atoms with van der Waals surface area (Å²) in [6, 6.07) is 14.0. The zero-order valence-electron chi connectivity index (χ0n) is 19.7. The van der Waals surface area contributed by atoms with Crippen molar-refractivity contribution in [2.75, 3.05) is 4.90 Å². The molecule has 4 rings (SSSR count). The van der Waals surface area contributed by atoms with Crippen LogP contribution in [0.15, 0.2) is 54.1 Å². The SMILES string of the molecule is CCCCc1ccc(-n2c(C)cc(/C=C3\C(=O)NC(=O)N(c4cccc(Cl)c4Cl)C3=O)c2C)cc1. The number of amides is 4. The Morgan fingerprint density at radius 1 is 1.00 bits per heavy atom. The first-order chi connectivity index (χ1) is 16.7. The van der Waals surface area contributed by atoms with Crippen molar-refractivity contribution in [3.63, 3.8) is 0 Å². The molecule has 0 radical (unpaired) electrons. The summed E-state index contributed by atoms with van der Waals surface area (Å²) in [6.07, 6.45) is 4.84. The molecule has 4 amide bonds. The molecule has 1 saturated heterocycles. The maximum Gasteiger partial charge on any atom is 0.336 e. The van der Waals surface area contributed by atoms with Crippen LogP contribution in [0.4, 0.5) is 10.5 Å². The third-order valence-corrected chi connectivity index (χ3v) is 6.87. The molecule has 1 aliphatic heterocycles. The first-order valence-corrected chi connectivity index (χ1v) is 12.1. The Labute approximate surface area is 214 Å². The molecule has 1 aliphatic rings. The zero-order valence-corrected chi connectivity index (χ0v) is 21.2. The van der Waals surface area contributed by atoms with E-state index in [9.17, 15) is 14.4 Å². The molecule has 0 unspecified atom stereocenters. The number of barbiturate groups is 1. The Morgan fingerprint density at radius 2 is 1.71 bits per heavy atom. The highest BCUT2D eigenvalue weighted by Gasteiger charge is 2.38. The smallest absolute Gasteiger partial charge is 0.318 e. The van der Waals surface area contributed by atoms with Gasteiger partial charge in [-0.2, -0.15) is 0 Å². The lowest BCUT2D eigenvalue weighted by molar-refractivity contribution is -0.122. The normalized spacial score (nSPS) is 15.2. The highest BCUT2D eigenvalue weighted by molar-refractivity contribution is 6.46. The standard InChI is InChI=1S/C27H25Cl2N3O3/c1-4-5-7-18-10-12-20(13-11-18)31-16(2)14-19(17(31)3)15-21-25(33)30-27(35)32(26(21)34)23-9-6-8-22(28)24(23)29/h6,8-15H,4-5,7H2,1-3H3,(H,30,33,35)/b21-15+. The molecule has 0 aliphatic carbocycles. The summed E-state index contributed by atoms with van der Waals surface area (Å²) >= 11 is 12.3. The molecular formula is C27H25Cl2N3O3. The molecule has 1 aromatic heterocycles. The van der Waals surface area contributed by atoms with E-state index in [4.69, 9.17) is 23.2 Å². The van der Waals surface area contributed by atoms with Gasteiger partial charge in [0.25, 0.3) is 11.8 Å². The Balaban J connectivity index is 1.71.